The second-order valence-corrected chi connectivity index (χ2v) is 34.0. The summed E-state index contributed by atoms with van der Waals surface area (Å²) in [6, 6.07) is 49.7. The molecule has 19 rings (SSSR count). The van der Waals surface area contributed by atoms with Gasteiger partial charge in [0.1, 0.15) is 19.8 Å². The molecule has 2 heterocycles. The Hall–Kier alpha value is -7.64. The quantitative estimate of drug-likeness (QED) is 0.0712. The number of halogens is 1. The van der Waals surface area contributed by atoms with E-state index in [2.05, 4.69) is 147 Å². The van der Waals surface area contributed by atoms with Crippen LogP contribution in [-0.4, -0.2) is 79.0 Å². The first-order chi connectivity index (χ1) is 49.0. The molecule has 8 aromatic rings. The molecule has 12 nitrogen and oxygen atoms in total. The zero-order chi connectivity index (χ0) is 71.1. The van der Waals surface area contributed by atoms with Gasteiger partial charge in [-0.05, 0) is 263 Å². The number of carbonyl (C=O) groups excluding carboxylic acids is 3. The van der Waals surface area contributed by atoms with Gasteiger partial charge in [0, 0.05) is 54.6 Å². The van der Waals surface area contributed by atoms with Crippen molar-refractivity contribution in [2.24, 2.45) is 69.0 Å². The maximum absolute atomic E-state index is 11.0. The molecular weight excluding hydrogens is 1290 g/mol. The number of nitrogens with one attached hydrogen (secondary N) is 2. The molecule has 102 heavy (non-hydrogen) atoms. The van der Waals surface area contributed by atoms with Gasteiger partial charge in [-0.25, -0.2) is 4.79 Å². The maximum Gasteiger partial charge on any atom is 0.403 e. The molecule has 11 aliphatic rings. The molecule has 534 valence electrons. The monoisotopic (exact) mass is 1390 g/mol. The van der Waals surface area contributed by atoms with E-state index in [1.54, 1.807) is 0 Å². The van der Waals surface area contributed by atoms with E-state index in [9.17, 15) is 24.6 Å². The Morgan fingerprint density at radius 1 is 0.422 bits per heavy atom. The van der Waals surface area contributed by atoms with Gasteiger partial charge in [0.05, 0.1) is 23.6 Å². The lowest BCUT2D eigenvalue weighted by molar-refractivity contribution is -0.142. The molecule has 0 spiro atoms. The summed E-state index contributed by atoms with van der Waals surface area (Å²) in [5.41, 5.74) is 20.1. The van der Waals surface area contributed by atoms with Crippen molar-refractivity contribution in [2.75, 3.05) is 19.8 Å². The topological polar surface area (TPSA) is 177 Å². The van der Waals surface area contributed by atoms with Gasteiger partial charge in [0.2, 0.25) is 0 Å². The van der Waals surface area contributed by atoms with Gasteiger partial charge in [0.25, 0.3) is 0 Å². The average Bonchev–Trinajstić information content (AvgIpc) is 1.34. The number of aliphatic hydroxyl groups is 2. The van der Waals surface area contributed by atoms with Crippen molar-refractivity contribution in [3.63, 3.8) is 0 Å². The second kappa shape index (κ2) is 27.4. The summed E-state index contributed by atoms with van der Waals surface area (Å²) >= 11 is 5.25. The molecule has 13 heteroatoms. The van der Waals surface area contributed by atoms with Crippen LogP contribution in [0.15, 0.2) is 158 Å². The number of esters is 2. The minimum Gasteiger partial charge on any atom is -0.465 e. The number of hydrogen-bond acceptors (Lipinski definition) is 10. The number of rotatable bonds is 6. The fourth-order valence-electron chi connectivity index (χ4n) is 23.3. The third-order valence-electron chi connectivity index (χ3n) is 29.1. The van der Waals surface area contributed by atoms with E-state index in [-0.39, 0.29) is 47.1 Å². The standard InChI is InChI=1S/2C21H32N2O.2C16H14O2.C15H11ClO2/c2*1-19-11-13-12-22-23-18(13)10-14(19)4-5-15-16(19)6-8-20(2)17(15)7-9-21(20,3)24;2*1-11(17)18-10-16-14-8-4-2-6-12(14)13-7-3-5-9-15(13)16;16-15(17)18-9-14-12-7-3-1-5-10(12)11-6-2-4-8-13(11)14/h2*12,14-17,24H,4-11H2,1-3H3,(H,22,23);2*2-9,16H,10H2,1H3;1-8,14H,9H2/t2*14?,15?,16?,17?,19-,20-,21-;;;/m00.../s1. The first kappa shape index (κ1) is 70.0. The van der Waals surface area contributed by atoms with Gasteiger partial charge in [-0.1, -0.05) is 173 Å². The van der Waals surface area contributed by atoms with Gasteiger partial charge in [-0.2, -0.15) is 10.2 Å². The third kappa shape index (κ3) is 12.2. The van der Waals surface area contributed by atoms with Crippen LogP contribution in [0.3, 0.4) is 0 Å². The Bertz CT molecular complexity index is 3930. The van der Waals surface area contributed by atoms with Crippen molar-refractivity contribution in [3.05, 3.63) is 214 Å². The molecule has 0 aliphatic heterocycles. The Kier molecular flexibility index (Phi) is 18.8. The number of H-pyrrole nitrogens is 2. The first-order valence-electron chi connectivity index (χ1n) is 38.1. The van der Waals surface area contributed by atoms with Crippen molar-refractivity contribution in [3.8, 4) is 33.4 Å². The van der Waals surface area contributed by atoms with Crippen LogP contribution in [-0.2, 0) is 49.5 Å². The van der Waals surface area contributed by atoms with Crippen molar-refractivity contribution in [2.45, 2.75) is 187 Å². The average molecular weight is 1390 g/mol. The summed E-state index contributed by atoms with van der Waals surface area (Å²) in [5.74, 6) is 6.40. The van der Waals surface area contributed by atoms with E-state index < -0.39 is 16.6 Å². The Labute approximate surface area is 607 Å². The highest BCUT2D eigenvalue weighted by atomic mass is 35.5. The van der Waals surface area contributed by atoms with Crippen LogP contribution in [0.1, 0.15) is 206 Å². The number of carbonyl (C=O) groups is 3. The first-order valence-corrected chi connectivity index (χ1v) is 38.5. The van der Waals surface area contributed by atoms with Crippen molar-refractivity contribution >= 4 is 29.0 Å². The normalized spacial score (nSPS) is 31.8. The molecule has 0 amide bonds. The fraction of sp³-hybridized carbons (Fsp3) is 0.494. The maximum atomic E-state index is 11.0. The summed E-state index contributed by atoms with van der Waals surface area (Å²) in [6.45, 7) is 18.2. The summed E-state index contributed by atoms with van der Waals surface area (Å²) in [6.07, 6.45) is 24.0. The SMILES string of the molecule is CC(=O)OCC1c2ccccc2-c2ccccc21.CC(=O)OCC1c2ccccc2-c2ccccc21.C[C@]12Cc3cn[nH]c3CC1CCC1C2CC[C@@]2(C)C1CC[C@]2(C)O.C[C@]12Cc3cn[nH]c3CC1CCC1C2CC[C@@]2(C)C1CC[C@]2(C)O.O=C(Cl)OCC1c2ccccc2-c2ccccc21. The van der Waals surface area contributed by atoms with Gasteiger partial charge in [0.15, 0.2) is 0 Å². The van der Waals surface area contributed by atoms with Crippen molar-refractivity contribution in [1.29, 1.82) is 0 Å². The molecule has 0 radical (unpaired) electrons. The zero-order valence-corrected chi connectivity index (χ0v) is 61.7. The Morgan fingerprint density at radius 3 is 1.02 bits per heavy atom. The largest absolute Gasteiger partial charge is 0.465 e. The summed E-state index contributed by atoms with van der Waals surface area (Å²) in [7, 11) is 0. The number of ether oxygens (including phenoxy) is 3. The second-order valence-electron chi connectivity index (χ2n) is 33.7. The minimum absolute atomic E-state index is 0.0834. The molecule has 0 bridgehead atoms. The molecule has 11 aliphatic carbocycles. The Balaban J connectivity index is 0.000000104. The highest BCUT2D eigenvalue weighted by Crippen LogP contribution is 2.70. The summed E-state index contributed by atoms with van der Waals surface area (Å²) in [5, 5.41) is 37.2. The van der Waals surface area contributed by atoms with E-state index in [0.717, 1.165) is 60.2 Å². The van der Waals surface area contributed by atoms with E-state index in [1.807, 2.05) is 72.8 Å². The molecule has 6 fully saturated rings. The molecule has 8 unspecified atom stereocenters. The fourth-order valence-corrected chi connectivity index (χ4v) is 23.4. The molecular formula is C89H103ClN4O8. The van der Waals surface area contributed by atoms with Crippen LogP contribution in [0.25, 0.3) is 33.4 Å². The summed E-state index contributed by atoms with van der Waals surface area (Å²) in [4.78, 5) is 32.8. The van der Waals surface area contributed by atoms with E-state index in [0.29, 0.717) is 24.0 Å². The number of nitrogens with zero attached hydrogens (tertiary/aromatic N) is 2. The van der Waals surface area contributed by atoms with Crippen LogP contribution in [0.4, 0.5) is 4.79 Å². The highest BCUT2D eigenvalue weighted by molar-refractivity contribution is 6.61. The van der Waals surface area contributed by atoms with Crippen LogP contribution in [0, 0.1) is 69.0 Å². The van der Waals surface area contributed by atoms with Gasteiger partial charge in [-0.15, -0.1) is 0 Å². The van der Waals surface area contributed by atoms with Gasteiger partial charge >= 0.3 is 17.4 Å². The number of hydrogen-bond donors (Lipinski definition) is 4. The predicted molar refractivity (Wildman–Crippen MR) is 401 cm³/mol. The summed E-state index contributed by atoms with van der Waals surface area (Å²) < 4.78 is 15.4. The van der Waals surface area contributed by atoms with E-state index >= 15 is 0 Å². The lowest BCUT2D eigenvalue weighted by Crippen LogP contribution is -2.56. The van der Waals surface area contributed by atoms with Crippen LogP contribution in [0.5, 0.6) is 0 Å². The zero-order valence-electron chi connectivity index (χ0n) is 60.9. The number of fused-ring (bicyclic) bond motifs is 21. The molecule has 14 atom stereocenters. The molecule has 0 saturated heterocycles. The van der Waals surface area contributed by atoms with E-state index in [1.165, 1.54) is 193 Å². The lowest BCUT2D eigenvalue weighted by atomic mass is 9.44. The predicted octanol–water partition coefficient (Wildman–Crippen LogP) is 19.1. The highest BCUT2D eigenvalue weighted by Gasteiger charge is 2.65. The number of aromatic amines is 2. The number of aromatic nitrogens is 4. The molecule has 4 N–H and O–H groups in total. The van der Waals surface area contributed by atoms with Crippen molar-refractivity contribution in [1.82, 2.24) is 20.4 Å². The van der Waals surface area contributed by atoms with Crippen LogP contribution < -0.4 is 0 Å². The van der Waals surface area contributed by atoms with Crippen LogP contribution in [0.2, 0.25) is 0 Å². The Morgan fingerprint density at radius 2 is 0.716 bits per heavy atom. The number of benzene rings is 6. The van der Waals surface area contributed by atoms with Crippen LogP contribution >= 0.6 is 11.6 Å². The van der Waals surface area contributed by atoms with Gasteiger partial charge in [-0.3, -0.25) is 19.8 Å². The molecule has 6 saturated carbocycles. The van der Waals surface area contributed by atoms with Crippen molar-refractivity contribution < 1.29 is 38.8 Å². The van der Waals surface area contributed by atoms with E-state index in [4.69, 9.17) is 25.8 Å². The minimum atomic E-state index is -0.753. The van der Waals surface area contributed by atoms with Gasteiger partial charge < -0.3 is 24.4 Å². The molecule has 2 aromatic heterocycles. The smallest absolute Gasteiger partial charge is 0.403 e. The molecule has 6 aromatic carbocycles. The third-order valence-corrected chi connectivity index (χ3v) is 29.2. The lowest BCUT2D eigenvalue weighted by Gasteiger charge is -2.60.